The lowest BCUT2D eigenvalue weighted by atomic mass is 9.92. The maximum atomic E-state index is 13.2. The summed E-state index contributed by atoms with van der Waals surface area (Å²) in [6, 6.07) is 10.3. The van der Waals surface area contributed by atoms with Gasteiger partial charge in [0, 0.05) is 19.8 Å². The lowest BCUT2D eigenvalue weighted by molar-refractivity contribution is -0.329. The molecule has 1 aromatic rings. The van der Waals surface area contributed by atoms with Crippen LogP contribution in [0.4, 0.5) is 32.0 Å². The molecule has 0 saturated carbocycles. The van der Waals surface area contributed by atoms with Gasteiger partial charge in [-0.2, -0.15) is 17.6 Å². The molecular formula is C14H16BF6NO3. The highest BCUT2D eigenvalue weighted by Gasteiger charge is 2.75. The molecule has 0 aliphatic heterocycles. The number of alkyl halides is 6. The van der Waals surface area contributed by atoms with Crippen molar-refractivity contribution in [3.8, 4) is 0 Å². The second kappa shape index (κ2) is 7.67. The molecule has 25 heavy (non-hydrogen) atoms. The van der Waals surface area contributed by atoms with E-state index in [2.05, 4.69) is 21.7 Å². The Morgan fingerprint density at radius 3 is 1.96 bits per heavy atom. The van der Waals surface area contributed by atoms with Gasteiger partial charge in [0.05, 0.1) is 0 Å². The molecule has 0 aromatic heterocycles. The van der Waals surface area contributed by atoms with Gasteiger partial charge in [-0.15, -0.1) is 0 Å². The van der Waals surface area contributed by atoms with E-state index in [4.69, 9.17) is 10.0 Å². The minimum Gasteiger partial charge on any atom is -0.402 e. The van der Waals surface area contributed by atoms with Gasteiger partial charge in [-0.1, -0.05) is 18.2 Å². The molecule has 0 bridgehead atoms. The Morgan fingerprint density at radius 1 is 1.04 bits per heavy atom. The number of hydrogen-bond donors (Lipinski definition) is 2. The van der Waals surface area contributed by atoms with Crippen molar-refractivity contribution in [2.45, 2.75) is 23.9 Å². The highest BCUT2D eigenvalue weighted by molar-refractivity contribution is 6.32. The van der Waals surface area contributed by atoms with Crippen LogP contribution in [0.15, 0.2) is 42.5 Å². The highest BCUT2D eigenvalue weighted by Crippen LogP contribution is 2.51. The van der Waals surface area contributed by atoms with Crippen molar-refractivity contribution >= 4 is 13.0 Å². The SMILES string of the molecule is CN(C)c1ccccc1.OB(O)OC1(F)C=CC(F)C(F)(F)C1(F)F. The minimum atomic E-state index is -5.57. The van der Waals surface area contributed by atoms with Crippen LogP contribution in [0, 0.1) is 0 Å². The third-order valence-corrected chi connectivity index (χ3v) is 3.22. The van der Waals surface area contributed by atoms with Crippen molar-refractivity contribution in [2.75, 3.05) is 19.0 Å². The number of anilines is 1. The van der Waals surface area contributed by atoms with Gasteiger partial charge < -0.3 is 19.6 Å². The average Bonchev–Trinajstić information content (AvgIpc) is 2.52. The van der Waals surface area contributed by atoms with E-state index in [0.717, 1.165) is 0 Å². The molecule has 0 fully saturated rings. The molecule has 2 rings (SSSR count). The number of rotatable bonds is 3. The number of hydrogen-bond acceptors (Lipinski definition) is 4. The van der Waals surface area contributed by atoms with Gasteiger partial charge in [0.15, 0.2) is 6.17 Å². The molecule has 2 unspecified atom stereocenters. The van der Waals surface area contributed by atoms with Crippen LogP contribution in [0.25, 0.3) is 0 Å². The Bertz CT molecular complexity index is 587. The summed E-state index contributed by atoms with van der Waals surface area (Å²) in [5, 5.41) is 16.3. The molecule has 11 heteroatoms. The van der Waals surface area contributed by atoms with Crippen molar-refractivity contribution in [3.63, 3.8) is 0 Å². The van der Waals surface area contributed by atoms with E-state index >= 15 is 0 Å². The fraction of sp³-hybridized carbons (Fsp3) is 0.429. The van der Waals surface area contributed by atoms with Crippen molar-refractivity contribution in [2.24, 2.45) is 0 Å². The Labute approximate surface area is 140 Å². The van der Waals surface area contributed by atoms with E-state index in [1.165, 1.54) is 5.69 Å². The smallest absolute Gasteiger partial charge is 0.402 e. The first-order valence-electron chi connectivity index (χ1n) is 6.89. The third-order valence-electron chi connectivity index (χ3n) is 3.22. The lowest BCUT2D eigenvalue weighted by Gasteiger charge is -2.39. The van der Waals surface area contributed by atoms with Crippen LogP contribution in [0.1, 0.15) is 0 Å². The zero-order valence-electron chi connectivity index (χ0n) is 13.2. The van der Waals surface area contributed by atoms with E-state index in [-0.39, 0.29) is 12.2 Å². The van der Waals surface area contributed by atoms with Crippen molar-refractivity contribution in [1.29, 1.82) is 0 Å². The van der Waals surface area contributed by atoms with E-state index in [0.29, 0.717) is 0 Å². The Balaban J connectivity index is 0.000000293. The number of allylic oxidation sites excluding steroid dienone is 1. The lowest BCUT2D eigenvalue weighted by Crippen LogP contribution is -2.63. The quantitative estimate of drug-likeness (QED) is 0.487. The van der Waals surface area contributed by atoms with Gasteiger partial charge in [-0.3, -0.25) is 0 Å². The van der Waals surface area contributed by atoms with Gasteiger partial charge in [-0.05, 0) is 24.3 Å². The zero-order valence-corrected chi connectivity index (χ0v) is 13.2. The maximum absolute atomic E-state index is 13.2. The Hall–Kier alpha value is -1.72. The third kappa shape index (κ3) is 4.47. The molecule has 140 valence electrons. The molecular weight excluding hydrogens is 355 g/mol. The first kappa shape index (κ1) is 21.3. The standard InChI is InChI=1S/C8H11N.C6H5BF6O3/c1-9(2)8-6-4-3-5-7-8;8-3-1-2-4(9,16-7(14)15)6(12,13)5(3,10)11/h3-7H,1-2H3;1-3,14-15H. The predicted octanol–water partition coefficient (Wildman–Crippen LogP) is 2.57. The highest BCUT2D eigenvalue weighted by atomic mass is 19.3. The molecule has 2 atom stereocenters. The van der Waals surface area contributed by atoms with Crippen LogP contribution >= 0.6 is 0 Å². The summed E-state index contributed by atoms with van der Waals surface area (Å²) in [4.78, 5) is 2.08. The summed E-state index contributed by atoms with van der Waals surface area (Å²) in [6.07, 6.45) is -3.90. The fourth-order valence-corrected chi connectivity index (χ4v) is 1.83. The number of para-hydroxylation sites is 1. The summed E-state index contributed by atoms with van der Waals surface area (Å²) in [5.74, 6) is -15.4. The van der Waals surface area contributed by atoms with Crippen LogP contribution in [0.3, 0.4) is 0 Å². The maximum Gasteiger partial charge on any atom is 0.636 e. The summed E-state index contributed by atoms with van der Waals surface area (Å²) in [6.45, 7) is 0. The van der Waals surface area contributed by atoms with Crippen LogP contribution in [0.2, 0.25) is 0 Å². The summed E-state index contributed by atoms with van der Waals surface area (Å²) >= 11 is 0. The van der Waals surface area contributed by atoms with E-state index < -0.39 is 31.2 Å². The average molecular weight is 371 g/mol. The molecule has 4 nitrogen and oxygen atoms in total. The molecule has 0 amide bonds. The Morgan fingerprint density at radius 2 is 1.56 bits per heavy atom. The predicted molar refractivity (Wildman–Crippen MR) is 79.8 cm³/mol. The van der Waals surface area contributed by atoms with E-state index in [1.54, 1.807) is 0 Å². The zero-order chi connectivity index (χ0) is 19.5. The number of nitrogens with zero attached hydrogens (tertiary/aromatic N) is 1. The van der Waals surface area contributed by atoms with Crippen molar-refractivity contribution in [1.82, 2.24) is 0 Å². The monoisotopic (exact) mass is 371 g/mol. The number of benzene rings is 1. The molecule has 0 heterocycles. The van der Waals surface area contributed by atoms with Gasteiger partial charge in [0.25, 0.3) is 5.85 Å². The van der Waals surface area contributed by atoms with Gasteiger partial charge in [0.1, 0.15) is 0 Å². The normalized spacial score (nSPS) is 26.4. The molecule has 0 saturated heterocycles. The molecule has 1 aliphatic rings. The van der Waals surface area contributed by atoms with Gasteiger partial charge in [0.2, 0.25) is 0 Å². The van der Waals surface area contributed by atoms with Crippen molar-refractivity contribution < 1.29 is 41.0 Å². The summed E-state index contributed by atoms with van der Waals surface area (Å²) < 4.78 is 80.0. The van der Waals surface area contributed by atoms with Crippen LogP contribution in [-0.4, -0.2) is 55.3 Å². The molecule has 2 N–H and O–H groups in total. The van der Waals surface area contributed by atoms with Crippen LogP contribution in [-0.2, 0) is 4.65 Å². The summed E-state index contributed by atoms with van der Waals surface area (Å²) in [7, 11) is 1.03. The van der Waals surface area contributed by atoms with Gasteiger partial charge in [-0.25, -0.2) is 8.78 Å². The number of halogens is 6. The minimum absolute atomic E-state index is 0.181. The molecule has 0 spiro atoms. The largest absolute Gasteiger partial charge is 0.636 e. The first-order chi connectivity index (χ1) is 11.3. The Kier molecular flexibility index (Phi) is 6.54. The molecule has 1 aliphatic carbocycles. The second-order valence-corrected chi connectivity index (χ2v) is 5.28. The second-order valence-electron chi connectivity index (χ2n) is 5.28. The van der Waals surface area contributed by atoms with Gasteiger partial charge >= 0.3 is 19.2 Å². The van der Waals surface area contributed by atoms with Crippen molar-refractivity contribution in [3.05, 3.63) is 42.5 Å². The van der Waals surface area contributed by atoms with E-state index in [9.17, 15) is 26.3 Å². The summed E-state index contributed by atoms with van der Waals surface area (Å²) in [5.41, 5.74) is 1.25. The molecule has 0 radical (unpaired) electrons. The van der Waals surface area contributed by atoms with Crippen LogP contribution in [0.5, 0.6) is 0 Å². The molecule has 1 aromatic carbocycles. The fourth-order valence-electron chi connectivity index (χ4n) is 1.83. The first-order valence-corrected chi connectivity index (χ1v) is 6.89. The van der Waals surface area contributed by atoms with Crippen LogP contribution < -0.4 is 4.90 Å². The topological polar surface area (TPSA) is 52.9 Å². The van der Waals surface area contributed by atoms with E-state index in [1.807, 2.05) is 32.3 Å².